The van der Waals surface area contributed by atoms with Crippen LogP contribution in [0.2, 0.25) is 0 Å². The smallest absolute Gasteiger partial charge is 0.369 e. The first-order valence-corrected chi connectivity index (χ1v) is 10.3. The van der Waals surface area contributed by atoms with E-state index in [-0.39, 0.29) is 5.69 Å². The summed E-state index contributed by atoms with van der Waals surface area (Å²) in [6.45, 7) is 1.03. The number of hydrogen-bond acceptors (Lipinski definition) is 5. The molecule has 0 N–H and O–H groups in total. The third kappa shape index (κ3) is 5.03. The van der Waals surface area contributed by atoms with Crippen LogP contribution >= 0.6 is 0 Å². The molecular formula is C20H16F3N3O2S. The van der Waals surface area contributed by atoms with E-state index in [9.17, 15) is 21.6 Å². The Morgan fingerprint density at radius 1 is 1.21 bits per heavy atom. The quantitative estimate of drug-likeness (QED) is 0.562. The van der Waals surface area contributed by atoms with Crippen molar-refractivity contribution in [1.82, 2.24) is 14.9 Å². The molecule has 0 amide bonds. The van der Waals surface area contributed by atoms with Gasteiger partial charge in [0.15, 0.2) is 0 Å². The van der Waals surface area contributed by atoms with Gasteiger partial charge in [0.25, 0.3) is 0 Å². The maximum Gasteiger partial charge on any atom is 0.433 e. The Balaban J connectivity index is 1.96. The molecule has 1 aliphatic heterocycles. The first kappa shape index (κ1) is 20.6. The topological polar surface area (TPSA) is 63.2 Å². The van der Waals surface area contributed by atoms with E-state index in [1.54, 1.807) is 30.5 Å². The molecule has 0 saturated carbocycles. The summed E-state index contributed by atoms with van der Waals surface area (Å²) < 4.78 is 63.0. The SMILES string of the molecule is C#Cc1ccc(CN2C=C(c3cc(C(F)(F)F)nc(S(C)(=O)=O)n3)C=CC2)cc1. The molecule has 2 aromatic rings. The Hall–Kier alpha value is -3.12. The van der Waals surface area contributed by atoms with Crippen molar-refractivity contribution < 1.29 is 21.6 Å². The minimum Gasteiger partial charge on any atom is -0.369 e. The molecular weight excluding hydrogens is 403 g/mol. The molecule has 150 valence electrons. The van der Waals surface area contributed by atoms with Gasteiger partial charge in [-0.3, -0.25) is 0 Å². The highest BCUT2D eigenvalue weighted by atomic mass is 32.2. The van der Waals surface area contributed by atoms with E-state index in [2.05, 4.69) is 15.9 Å². The molecule has 1 aliphatic rings. The number of rotatable bonds is 4. The van der Waals surface area contributed by atoms with Crippen LogP contribution in [0.25, 0.3) is 5.57 Å². The van der Waals surface area contributed by atoms with E-state index in [1.807, 2.05) is 17.0 Å². The fraction of sp³-hybridized carbons (Fsp3) is 0.200. The first-order chi connectivity index (χ1) is 13.6. The third-order valence-electron chi connectivity index (χ3n) is 4.09. The Bertz CT molecular complexity index is 1130. The molecule has 0 bridgehead atoms. The lowest BCUT2D eigenvalue weighted by Crippen LogP contribution is -2.20. The summed E-state index contributed by atoms with van der Waals surface area (Å²) in [5.41, 5.74) is 0.646. The maximum atomic E-state index is 13.2. The highest BCUT2D eigenvalue weighted by Crippen LogP contribution is 2.30. The minimum atomic E-state index is -4.80. The second-order valence-corrected chi connectivity index (χ2v) is 8.36. The molecule has 0 radical (unpaired) electrons. The molecule has 0 atom stereocenters. The number of nitrogens with zero attached hydrogens (tertiary/aromatic N) is 3. The van der Waals surface area contributed by atoms with E-state index in [4.69, 9.17) is 6.42 Å². The Morgan fingerprint density at radius 3 is 2.48 bits per heavy atom. The van der Waals surface area contributed by atoms with Gasteiger partial charge in [0.2, 0.25) is 15.0 Å². The predicted molar refractivity (Wildman–Crippen MR) is 102 cm³/mol. The van der Waals surface area contributed by atoms with E-state index in [0.29, 0.717) is 18.7 Å². The van der Waals surface area contributed by atoms with Crippen LogP contribution in [0, 0.1) is 12.3 Å². The molecule has 9 heteroatoms. The van der Waals surface area contributed by atoms with E-state index in [0.717, 1.165) is 23.4 Å². The molecule has 0 aliphatic carbocycles. The van der Waals surface area contributed by atoms with Crippen LogP contribution in [0.3, 0.4) is 0 Å². The van der Waals surface area contributed by atoms with Crippen LogP contribution in [0.4, 0.5) is 13.2 Å². The number of sulfone groups is 1. The molecule has 0 fully saturated rings. The van der Waals surface area contributed by atoms with Gasteiger partial charge in [-0.25, -0.2) is 18.4 Å². The van der Waals surface area contributed by atoms with Crippen molar-refractivity contribution in [2.24, 2.45) is 0 Å². The first-order valence-electron chi connectivity index (χ1n) is 8.41. The van der Waals surface area contributed by atoms with Crippen LogP contribution in [-0.2, 0) is 22.6 Å². The molecule has 3 rings (SSSR count). The van der Waals surface area contributed by atoms with Crippen molar-refractivity contribution in [1.29, 1.82) is 0 Å². The summed E-state index contributed by atoms with van der Waals surface area (Å²) >= 11 is 0. The lowest BCUT2D eigenvalue weighted by atomic mass is 10.1. The summed E-state index contributed by atoms with van der Waals surface area (Å²) in [4.78, 5) is 8.88. The van der Waals surface area contributed by atoms with Gasteiger partial charge in [-0.2, -0.15) is 13.2 Å². The van der Waals surface area contributed by atoms with E-state index in [1.165, 1.54) is 0 Å². The highest BCUT2D eigenvalue weighted by Gasteiger charge is 2.35. The number of halogens is 3. The zero-order valence-corrected chi connectivity index (χ0v) is 16.1. The predicted octanol–water partition coefficient (Wildman–Crippen LogP) is 3.29. The van der Waals surface area contributed by atoms with Gasteiger partial charge >= 0.3 is 6.18 Å². The van der Waals surface area contributed by atoms with Crippen molar-refractivity contribution in [2.45, 2.75) is 17.9 Å². The third-order valence-corrected chi connectivity index (χ3v) is 4.93. The molecule has 0 spiro atoms. The standard InChI is InChI=1S/C20H16F3N3O2S/c1-3-14-6-8-15(9-7-14)12-26-10-4-5-16(13-26)17-11-18(20(21,22)23)25-19(24-17)29(2,27)28/h1,4-9,11,13H,10,12H2,2H3. The molecule has 1 aromatic carbocycles. The number of terminal acetylenes is 1. The summed E-state index contributed by atoms with van der Waals surface area (Å²) in [5, 5.41) is -0.862. The Morgan fingerprint density at radius 2 is 1.90 bits per heavy atom. The fourth-order valence-electron chi connectivity index (χ4n) is 2.69. The molecule has 1 aromatic heterocycles. The maximum absolute atomic E-state index is 13.2. The lowest BCUT2D eigenvalue weighted by molar-refractivity contribution is -0.141. The van der Waals surface area contributed by atoms with Crippen LogP contribution in [0.5, 0.6) is 0 Å². The Labute approximate surface area is 166 Å². The summed E-state index contributed by atoms with van der Waals surface area (Å²) in [7, 11) is -4.02. The van der Waals surface area contributed by atoms with Gasteiger partial charge in [0.05, 0.1) is 5.69 Å². The van der Waals surface area contributed by atoms with Gasteiger partial charge in [0.1, 0.15) is 5.69 Å². The van der Waals surface area contributed by atoms with Gasteiger partial charge in [-0.05, 0) is 23.8 Å². The highest BCUT2D eigenvalue weighted by molar-refractivity contribution is 7.90. The van der Waals surface area contributed by atoms with Crippen LogP contribution in [0.15, 0.2) is 53.8 Å². The van der Waals surface area contributed by atoms with Crippen molar-refractivity contribution in [3.05, 3.63) is 71.2 Å². The lowest BCUT2D eigenvalue weighted by Gasteiger charge is -2.23. The number of allylic oxidation sites excluding steroid dienone is 2. The van der Waals surface area contributed by atoms with Gasteiger partial charge in [-0.15, -0.1) is 6.42 Å². The fourth-order valence-corrected chi connectivity index (χ4v) is 3.22. The molecule has 29 heavy (non-hydrogen) atoms. The summed E-state index contributed by atoms with van der Waals surface area (Å²) in [6, 6.07) is 8.09. The van der Waals surface area contributed by atoms with Crippen LogP contribution < -0.4 is 0 Å². The molecule has 2 heterocycles. The van der Waals surface area contributed by atoms with Crippen molar-refractivity contribution in [3.8, 4) is 12.3 Å². The summed E-state index contributed by atoms with van der Waals surface area (Å²) in [6.07, 6.45) is 6.32. The van der Waals surface area contributed by atoms with Crippen molar-refractivity contribution >= 4 is 15.4 Å². The zero-order chi connectivity index (χ0) is 21.2. The van der Waals surface area contributed by atoms with Crippen LogP contribution in [0.1, 0.15) is 22.5 Å². The van der Waals surface area contributed by atoms with Crippen molar-refractivity contribution in [3.63, 3.8) is 0 Å². The second kappa shape index (κ2) is 7.72. The van der Waals surface area contributed by atoms with Crippen molar-refractivity contribution in [2.75, 3.05) is 12.8 Å². The van der Waals surface area contributed by atoms with Gasteiger partial charge in [0, 0.05) is 36.7 Å². The van der Waals surface area contributed by atoms with E-state index >= 15 is 0 Å². The summed E-state index contributed by atoms with van der Waals surface area (Å²) in [5.74, 6) is 2.53. The second-order valence-electron chi connectivity index (χ2n) is 6.45. The average molecular weight is 419 g/mol. The molecule has 5 nitrogen and oxygen atoms in total. The number of alkyl halides is 3. The average Bonchev–Trinajstić information content (AvgIpc) is 2.67. The monoisotopic (exact) mass is 419 g/mol. The van der Waals surface area contributed by atoms with E-state index < -0.39 is 26.9 Å². The normalized spacial score (nSPS) is 14.4. The number of aromatic nitrogens is 2. The number of benzene rings is 1. The largest absolute Gasteiger partial charge is 0.433 e. The van der Waals surface area contributed by atoms with Gasteiger partial charge < -0.3 is 4.90 Å². The number of hydrogen-bond donors (Lipinski definition) is 0. The van der Waals surface area contributed by atoms with Crippen LogP contribution in [-0.4, -0.2) is 36.1 Å². The Kier molecular flexibility index (Phi) is 5.48. The van der Waals surface area contributed by atoms with Gasteiger partial charge in [-0.1, -0.05) is 30.2 Å². The molecule has 0 unspecified atom stereocenters. The minimum absolute atomic E-state index is 0.114. The molecule has 0 saturated heterocycles. The zero-order valence-electron chi connectivity index (χ0n) is 15.3.